The molecule has 3 aromatic rings. The van der Waals surface area contributed by atoms with Crippen LogP contribution in [-0.4, -0.2) is 47.5 Å². The van der Waals surface area contributed by atoms with E-state index in [0.29, 0.717) is 10.7 Å². The third kappa shape index (κ3) is 5.28. The van der Waals surface area contributed by atoms with Gasteiger partial charge >= 0.3 is 0 Å². The van der Waals surface area contributed by atoms with Crippen LogP contribution in [-0.2, 0) is 21.4 Å². The number of hydrogen-bond acceptors (Lipinski definition) is 5. The molecule has 1 amide bonds. The fourth-order valence-electron chi connectivity index (χ4n) is 3.06. The summed E-state index contributed by atoms with van der Waals surface area (Å²) in [7, 11) is -0.532. The van der Waals surface area contributed by atoms with Crippen molar-refractivity contribution in [2.75, 3.05) is 19.4 Å². The maximum absolute atomic E-state index is 12.7. The number of fused-ring (bicyclic) bond motifs is 1. The molecule has 0 aliphatic carbocycles. The van der Waals surface area contributed by atoms with Gasteiger partial charge in [-0.2, -0.15) is 0 Å². The quantitative estimate of drug-likeness (QED) is 0.484. The number of aryl methyl sites for hydroxylation is 1. The van der Waals surface area contributed by atoms with Crippen LogP contribution in [0.25, 0.3) is 11.0 Å². The van der Waals surface area contributed by atoms with Crippen molar-refractivity contribution in [2.24, 2.45) is 0 Å². The molecule has 166 valence electrons. The Morgan fingerprint density at radius 3 is 2.55 bits per heavy atom. The first-order valence-electron chi connectivity index (χ1n) is 10.2. The van der Waals surface area contributed by atoms with E-state index in [1.54, 1.807) is 18.2 Å². The van der Waals surface area contributed by atoms with Gasteiger partial charge in [0.05, 0.1) is 21.2 Å². The van der Waals surface area contributed by atoms with Crippen LogP contribution in [0, 0.1) is 0 Å². The molecule has 0 spiro atoms. The smallest absolute Gasteiger partial charge is 0.242 e. The second-order valence-electron chi connectivity index (χ2n) is 7.45. The fourth-order valence-corrected chi connectivity index (χ4v) is 4.93. The van der Waals surface area contributed by atoms with E-state index in [0.717, 1.165) is 30.6 Å². The van der Waals surface area contributed by atoms with Gasteiger partial charge in [0.1, 0.15) is 0 Å². The molecule has 0 saturated carbocycles. The van der Waals surface area contributed by atoms with Gasteiger partial charge in [0, 0.05) is 26.3 Å². The molecule has 3 rings (SSSR count). The highest BCUT2D eigenvalue weighted by molar-refractivity contribution is 8.00. The molecule has 0 aliphatic rings. The maximum Gasteiger partial charge on any atom is 0.242 e. The molecule has 0 bridgehead atoms. The van der Waals surface area contributed by atoms with Gasteiger partial charge in [0.25, 0.3) is 0 Å². The van der Waals surface area contributed by atoms with Crippen molar-refractivity contribution in [2.45, 2.75) is 48.5 Å². The predicted octanol–water partition coefficient (Wildman–Crippen LogP) is 4.21. The molecule has 2 aromatic carbocycles. The number of unbranched alkanes of at least 4 members (excludes halogenated alkanes) is 1. The van der Waals surface area contributed by atoms with Gasteiger partial charge in [-0.15, -0.1) is 0 Å². The molecular formula is C22H28N4O3S2. The number of thioether (sulfide) groups is 1. The summed E-state index contributed by atoms with van der Waals surface area (Å²) in [6, 6.07) is 14.3. The molecule has 0 radical (unpaired) electrons. The number of imidazole rings is 1. The largest absolute Gasteiger partial charge is 0.325 e. The highest BCUT2D eigenvalue weighted by Crippen LogP contribution is 2.30. The standard InChI is InChI=1S/C22H28N4O3S2/c1-5-6-14-26-20-13-12-18(31(28,29)25(3)4)15-19(20)24-22(26)30-16(2)21(27)23-17-10-8-7-9-11-17/h7-13,15-16H,5-6,14H2,1-4H3,(H,23,27). The lowest BCUT2D eigenvalue weighted by molar-refractivity contribution is -0.115. The third-order valence-corrected chi connectivity index (χ3v) is 7.79. The van der Waals surface area contributed by atoms with Crippen LogP contribution in [0.2, 0.25) is 0 Å². The zero-order chi connectivity index (χ0) is 22.6. The first-order chi connectivity index (χ1) is 14.7. The molecule has 1 unspecified atom stereocenters. The van der Waals surface area contributed by atoms with Crippen molar-refractivity contribution in [1.29, 1.82) is 0 Å². The van der Waals surface area contributed by atoms with Crippen molar-refractivity contribution < 1.29 is 13.2 Å². The zero-order valence-electron chi connectivity index (χ0n) is 18.2. The van der Waals surface area contributed by atoms with E-state index in [-0.39, 0.29) is 16.1 Å². The SMILES string of the molecule is CCCCn1c(SC(C)C(=O)Nc2ccccc2)nc2cc(S(=O)(=O)N(C)C)ccc21. The van der Waals surface area contributed by atoms with Gasteiger partial charge in [0.2, 0.25) is 15.9 Å². The summed E-state index contributed by atoms with van der Waals surface area (Å²) in [4.78, 5) is 17.6. The Labute approximate surface area is 187 Å². The summed E-state index contributed by atoms with van der Waals surface area (Å²) in [5.41, 5.74) is 2.22. The average molecular weight is 461 g/mol. The van der Waals surface area contributed by atoms with Gasteiger partial charge in [-0.1, -0.05) is 43.3 Å². The maximum atomic E-state index is 12.7. The number of amides is 1. The minimum absolute atomic E-state index is 0.110. The number of anilines is 1. The summed E-state index contributed by atoms with van der Waals surface area (Å²) in [5, 5.41) is 3.25. The van der Waals surface area contributed by atoms with Crippen molar-refractivity contribution in [3.63, 3.8) is 0 Å². The lowest BCUT2D eigenvalue weighted by atomic mass is 10.3. The van der Waals surface area contributed by atoms with Crippen molar-refractivity contribution >= 4 is 44.4 Å². The van der Waals surface area contributed by atoms with Crippen LogP contribution in [0.4, 0.5) is 5.69 Å². The number of hydrogen-bond donors (Lipinski definition) is 1. The number of para-hydroxylation sites is 1. The summed E-state index contributed by atoms with van der Waals surface area (Å²) < 4.78 is 28.3. The monoisotopic (exact) mass is 460 g/mol. The number of sulfonamides is 1. The Kier molecular flexibility index (Phi) is 7.40. The average Bonchev–Trinajstić information content (AvgIpc) is 3.08. The number of nitrogens with one attached hydrogen (secondary N) is 1. The number of carbonyl (C=O) groups is 1. The molecule has 1 aromatic heterocycles. The van der Waals surface area contributed by atoms with E-state index in [1.807, 2.05) is 37.3 Å². The van der Waals surface area contributed by atoms with Crippen LogP contribution < -0.4 is 5.32 Å². The Balaban J connectivity index is 1.91. The van der Waals surface area contributed by atoms with Gasteiger partial charge in [-0.25, -0.2) is 17.7 Å². The second kappa shape index (κ2) is 9.84. The van der Waals surface area contributed by atoms with Crippen LogP contribution >= 0.6 is 11.8 Å². The highest BCUT2D eigenvalue weighted by atomic mass is 32.2. The molecule has 1 heterocycles. The Bertz CT molecular complexity index is 1160. The molecule has 7 nitrogen and oxygen atoms in total. The van der Waals surface area contributed by atoms with E-state index < -0.39 is 10.0 Å². The minimum Gasteiger partial charge on any atom is -0.325 e. The molecule has 0 aliphatic heterocycles. The molecule has 31 heavy (non-hydrogen) atoms. The van der Waals surface area contributed by atoms with Crippen LogP contribution in [0.1, 0.15) is 26.7 Å². The summed E-state index contributed by atoms with van der Waals surface area (Å²) >= 11 is 1.37. The molecule has 0 saturated heterocycles. The van der Waals surface area contributed by atoms with Crippen molar-refractivity contribution in [3.05, 3.63) is 48.5 Å². The van der Waals surface area contributed by atoms with Gasteiger partial charge in [-0.3, -0.25) is 4.79 Å². The first kappa shape index (κ1) is 23.3. The predicted molar refractivity (Wildman–Crippen MR) is 126 cm³/mol. The summed E-state index contributed by atoms with van der Waals surface area (Å²) in [5.74, 6) is -0.110. The lowest BCUT2D eigenvalue weighted by Gasteiger charge is -2.13. The summed E-state index contributed by atoms with van der Waals surface area (Å²) in [6.07, 6.45) is 1.97. The number of aromatic nitrogens is 2. The van der Waals surface area contributed by atoms with E-state index in [2.05, 4.69) is 16.8 Å². The molecule has 1 atom stereocenters. The highest BCUT2D eigenvalue weighted by Gasteiger charge is 2.22. The van der Waals surface area contributed by atoms with Crippen molar-refractivity contribution in [3.8, 4) is 0 Å². The molecule has 9 heteroatoms. The molecular weight excluding hydrogens is 432 g/mol. The molecule has 0 fully saturated rings. The van der Waals surface area contributed by atoms with E-state index in [9.17, 15) is 13.2 Å². The van der Waals surface area contributed by atoms with E-state index in [4.69, 9.17) is 4.98 Å². The number of rotatable bonds is 9. The van der Waals surface area contributed by atoms with Crippen LogP contribution in [0.3, 0.4) is 0 Å². The zero-order valence-corrected chi connectivity index (χ0v) is 19.8. The van der Waals surface area contributed by atoms with Crippen molar-refractivity contribution in [1.82, 2.24) is 13.9 Å². The fraction of sp³-hybridized carbons (Fsp3) is 0.364. The van der Waals surface area contributed by atoms with E-state index >= 15 is 0 Å². The minimum atomic E-state index is -3.55. The van der Waals surface area contributed by atoms with E-state index in [1.165, 1.54) is 30.2 Å². The van der Waals surface area contributed by atoms with Crippen LogP contribution in [0.5, 0.6) is 0 Å². The topological polar surface area (TPSA) is 84.3 Å². The van der Waals surface area contributed by atoms with Gasteiger partial charge in [0.15, 0.2) is 5.16 Å². The van der Waals surface area contributed by atoms with Crippen LogP contribution in [0.15, 0.2) is 58.6 Å². The Morgan fingerprint density at radius 1 is 1.19 bits per heavy atom. The summed E-state index contributed by atoms with van der Waals surface area (Å²) in [6.45, 7) is 4.71. The normalized spacial score (nSPS) is 12.9. The third-order valence-electron chi connectivity index (χ3n) is 4.89. The second-order valence-corrected chi connectivity index (χ2v) is 10.9. The van der Waals surface area contributed by atoms with Gasteiger partial charge < -0.3 is 9.88 Å². The first-order valence-corrected chi connectivity index (χ1v) is 12.5. The van der Waals surface area contributed by atoms with Gasteiger partial charge in [-0.05, 0) is 43.7 Å². The number of nitrogens with zero attached hydrogens (tertiary/aromatic N) is 3. The Morgan fingerprint density at radius 2 is 1.90 bits per heavy atom. The Hall–Kier alpha value is -2.36. The number of carbonyl (C=O) groups excluding carboxylic acids is 1. The lowest BCUT2D eigenvalue weighted by Crippen LogP contribution is -2.22. The molecule has 1 N–H and O–H groups in total. The number of benzene rings is 2.